The van der Waals surface area contributed by atoms with Gasteiger partial charge in [0.15, 0.2) is 0 Å². The van der Waals surface area contributed by atoms with Gasteiger partial charge in [0.25, 0.3) is 0 Å². The summed E-state index contributed by atoms with van der Waals surface area (Å²) in [6, 6.07) is 3.44. The summed E-state index contributed by atoms with van der Waals surface area (Å²) in [7, 11) is 0. The summed E-state index contributed by atoms with van der Waals surface area (Å²) in [5, 5.41) is 3.28. The normalized spacial score (nSPS) is 18.9. The van der Waals surface area contributed by atoms with Crippen molar-refractivity contribution >= 4 is 23.2 Å². The molecule has 0 spiro atoms. The Morgan fingerprint density at radius 2 is 2.44 bits per heavy atom. The number of carbonyl (C=O) groups is 1. The van der Waals surface area contributed by atoms with E-state index >= 15 is 0 Å². The molecule has 18 heavy (non-hydrogen) atoms. The molecular formula is C13H17ClN2O2. The van der Waals surface area contributed by atoms with Crippen molar-refractivity contribution in [3.63, 3.8) is 0 Å². The number of aryl methyl sites for hydroxylation is 1. The second-order valence-corrected chi connectivity index (χ2v) is 4.88. The number of hydrogen-bond acceptors (Lipinski definition) is 3. The van der Waals surface area contributed by atoms with Gasteiger partial charge in [-0.3, -0.25) is 4.79 Å². The first-order chi connectivity index (χ1) is 8.65. The van der Waals surface area contributed by atoms with Gasteiger partial charge in [0.2, 0.25) is 5.91 Å². The van der Waals surface area contributed by atoms with Crippen molar-refractivity contribution in [2.45, 2.75) is 38.7 Å². The van der Waals surface area contributed by atoms with Gasteiger partial charge in [0.1, 0.15) is 5.15 Å². The minimum absolute atomic E-state index is 0.00211. The first-order valence-corrected chi connectivity index (χ1v) is 6.57. The van der Waals surface area contributed by atoms with E-state index in [0.29, 0.717) is 11.6 Å². The van der Waals surface area contributed by atoms with Crippen LogP contribution in [0.4, 0.5) is 5.69 Å². The number of pyridine rings is 1. The highest BCUT2D eigenvalue weighted by atomic mass is 35.5. The fraction of sp³-hybridized carbons (Fsp3) is 0.538. The molecule has 98 valence electrons. The number of amides is 1. The zero-order chi connectivity index (χ0) is 13.0. The molecule has 0 bridgehead atoms. The molecule has 5 heteroatoms. The van der Waals surface area contributed by atoms with E-state index in [4.69, 9.17) is 16.3 Å². The van der Waals surface area contributed by atoms with Crippen LogP contribution in [0.2, 0.25) is 5.15 Å². The maximum absolute atomic E-state index is 11.8. The Labute approximate surface area is 112 Å². The lowest BCUT2D eigenvalue weighted by atomic mass is 10.1. The van der Waals surface area contributed by atoms with Crippen molar-refractivity contribution in [3.05, 3.63) is 23.0 Å². The summed E-state index contributed by atoms with van der Waals surface area (Å²) in [5.74, 6) is -0.00211. The largest absolute Gasteiger partial charge is 0.378 e. The molecule has 1 aliphatic rings. The fourth-order valence-electron chi connectivity index (χ4n) is 2.04. The number of nitrogens with one attached hydrogen (secondary N) is 1. The summed E-state index contributed by atoms with van der Waals surface area (Å²) >= 11 is 5.76. The van der Waals surface area contributed by atoms with Gasteiger partial charge in [0, 0.05) is 13.0 Å². The molecule has 0 radical (unpaired) electrons. The maximum atomic E-state index is 11.8. The zero-order valence-electron chi connectivity index (χ0n) is 10.4. The number of carbonyl (C=O) groups excluding carboxylic acids is 1. The monoisotopic (exact) mass is 268 g/mol. The Morgan fingerprint density at radius 3 is 3.11 bits per heavy atom. The topological polar surface area (TPSA) is 51.2 Å². The van der Waals surface area contributed by atoms with Gasteiger partial charge in [-0.1, -0.05) is 11.6 Å². The third kappa shape index (κ3) is 3.68. The van der Waals surface area contributed by atoms with Crippen LogP contribution < -0.4 is 5.32 Å². The van der Waals surface area contributed by atoms with Gasteiger partial charge >= 0.3 is 0 Å². The number of hydrogen-bond donors (Lipinski definition) is 1. The van der Waals surface area contributed by atoms with Gasteiger partial charge < -0.3 is 10.1 Å². The van der Waals surface area contributed by atoms with Crippen LogP contribution >= 0.6 is 11.6 Å². The third-order valence-electron chi connectivity index (χ3n) is 3.04. The Morgan fingerprint density at radius 1 is 1.61 bits per heavy atom. The molecule has 1 N–H and O–H groups in total. The van der Waals surface area contributed by atoms with E-state index in [1.165, 1.54) is 0 Å². The molecule has 1 aromatic heterocycles. The minimum atomic E-state index is -0.00211. The molecule has 1 amide bonds. The number of ether oxygens (including phenoxy) is 1. The van der Waals surface area contributed by atoms with Crippen molar-refractivity contribution in [2.75, 3.05) is 11.9 Å². The molecule has 1 atom stereocenters. The Hall–Kier alpha value is -1.13. The summed E-state index contributed by atoms with van der Waals surface area (Å²) in [4.78, 5) is 15.9. The molecule has 1 unspecified atom stereocenters. The van der Waals surface area contributed by atoms with Crippen LogP contribution in [0.3, 0.4) is 0 Å². The van der Waals surface area contributed by atoms with Crippen LogP contribution in [-0.2, 0) is 9.53 Å². The van der Waals surface area contributed by atoms with E-state index in [2.05, 4.69) is 10.3 Å². The number of rotatable bonds is 4. The van der Waals surface area contributed by atoms with E-state index < -0.39 is 0 Å². The molecule has 1 aliphatic heterocycles. The number of anilines is 1. The predicted molar refractivity (Wildman–Crippen MR) is 70.8 cm³/mol. The van der Waals surface area contributed by atoms with Gasteiger partial charge in [0.05, 0.1) is 17.5 Å². The van der Waals surface area contributed by atoms with Crippen LogP contribution in [0, 0.1) is 6.92 Å². The van der Waals surface area contributed by atoms with Gasteiger partial charge in [-0.25, -0.2) is 4.98 Å². The van der Waals surface area contributed by atoms with Crippen LogP contribution in [0.25, 0.3) is 0 Å². The van der Waals surface area contributed by atoms with Crippen LogP contribution in [-0.4, -0.2) is 23.6 Å². The van der Waals surface area contributed by atoms with Crippen LogP contribution in [0.5, 0.6) is 0 Å². The zero-order valence-corrected chi connectivity index (χ0v) is 11.2. The SMILES string of the molecule is Cc1nc(Cl)ccc1NC(=O)CCC1CCCO1. The molecule has 1 saturated heterocycles. The second kappa shape index (κ2) is 6.16. The lowest BCUT2D eigenvalue weighted by Gasteiger charge is -2.10. The number of halogens is 1. The third-order valence-corrected chi connectivity index (χ3v) is 3.25. The highest BCUT2D eigenvalue weighted by molar-refractivity contribution is 6.29. The minimum Gasteiger partial charge on any atom is -0.378 e. The van der Waals surface area contributed by atoms with Crippen LogP contribution in [0.15, 0.2) is 12.1 Å². The van der Waals surface area contributed by atoms with Crippen molar-refractivity contribution < 1.29 is 9.53 Å². The Balaban J connectivity index is 1.82. The maximum Gasteiger partial charge on any atom is 0.224 e. The molecule has 0 saturated carbocycles. The van der Waals surface area contributed by atoms with Crippen molar-refractivity contribution in [3.8, 4) is 0 Å². The quantitative estimate of drug-likeness (QED) is 0.854. The predicted octanol–water partition coefficient (Wildman–Crippen LogP) is 2.94. The van der Waals surface area contributed by atoms with Crippen molar-refractivity contribution in [2.24, 2.45) is 0 Å². The van der Waals surface area contributed by atoms with E-state index in [0.717, 1.165) is 37.3 Å². The molecule has 1 aromatic rings. The average molecular weight is 269 g/mol. The van der Waals surface area contributed by atoms with E-state index in [9.17, 15) is 4.79 Å². The van der Waals surface area contributed by atoms with E-state index in [1.807, 2.05) is 6.92 Å². The molecular weight excluding hydrogens is 252 g/mol. The van der Waals surface area contributed by atoms with Gasteiger partial charge in [-0.05, 0) is 38.3 Å². The van der Waals surface area contributed by atoms with E-state index in [1.54, 1.807) is 12.1 Å². The molecule has 1 fully saturated rings. The summed E-state index contributed by atoms with van der Waals surface area (Å²) < 4.78 is 5.48. The molecule has 0 aliphatic carbocycles. The molecule has 4 nitrogen and oxygen atoms in total. The average Bonchev–Trinajstić information content (AvgIpc) is 2.83. The Bertz CT molecular complexity index is 431. The van der Waals surface area contributed by atoms with Crippen molar-refractivity contribution in [1.29, 1.82) is 0 Å². The first kappa shape index (κ1) is 13.3. The van der Waals surface area contributed by atoms with Gasteiger partial charge in [-0.15, -0.1) is 0 Å². The first-order valence-electron chi connectivity index (χ1n) is 6.20. The van der Waals surface area contributed by atoms with E-state index in [-0.39, 0.29) is 12.0 Å². The fourth-order valence-corrected chi connectivity index (χ4v) is 2.23. The van der Waals surface area contributed by atoms with Crippen molar-refractivity contribution in [1.82, 2.24) is 4.98 Å². The van der Waals surface area contributed by atoms with Gasteiger partial charge in [-0.2, -0.15) is 0 Å². The highest BCUT2D eigenvalue weighted by Gasteiger charge is 2.16. The molecule has 0 aromatic carbocycles. The van der Waals surface area contributed by atoms with Crippen LogP contribution in [0.1, 0.15) is 31.4 Å². The lowest BCUT2D eigenvalue weighted by molar-refractivity contribution is -0.116. The Kier molecular flexibility index (Phi) is 4.55. The molecule has 2 heterocycles. The lowest BCUT2D eigenvalue weighted by Crippen LogP contribution is -2.16. The standard InChI is InChI=1S/C13H17ClN2O2/c1-9-11(5-6-12(14)15-9)16-13(17)7-4-10-3-2-8-18-10/h5-6,10H,2-4,7-8H2,1H3,(H,16,17). The number of nitrogens with zero attached hydrogens (tertiary/aromatic N) is 1. The summed E-state index contributed by atoms with van der Waals surface area (Å²) in [6.45, 7) is 2.65. The summed E-state index contributed by atoms with van der Waals surface area (Å²) in [5.41, 5.74) is 1.45. The smallest absolute Gasteiger partial charge is 0.224 e. The number of aromatic nitrogens is 1. The second-order valence-electron chi connectivity index (χ2n) is 4.49. The summed E-state index contributed by atoms with van der Waals surface area (Å²) in [6.07, 6.45) is 3.68. The highest BCUT2D eigenvalue weighted by Crippen LogP contribution is 2.19. The molecule has 2 rings (SSSR count).